The number of nitriles is 1. The zero-order chi connectivity index (χ0) is 26.0. The predicted octanol–water partition coefficient (Wildman–Crippen LogP) is 9.85. The van der Waals surface area contributed by atoms with Crippen LogP contribution in [0.5, 0.6) is 11.5 Å². The van der Waals surface area contributed by atoms with E-state index in [1.54, 1.807) is 0 Å². The summed E-state index contributed by atoms with van der Waals surface area (Å²) in [5, 5.41) is 9.91. The number of benzene rings is 2. The Balaban J connectivity index is 1.99. The summed E-state index contributed by atoms with van der Waals surface area (Å²) in [6, 6.07) is 14.6. The van der Waals surface area contributed by atoms with E-state index in [1.807, 2.05) is 30.3 Å². The number of unbranched alkanes of at least 4 members (excludes halogenated alkanes) is 10. The molecule has 0 aliphatic carbocycles. The van der Waals surface area contributed by atoms with Gasteiger partial charge in [0.2, 0.25) is 0 Å². The number of allylic oxidation sites excluding steroid dienone is 1. The predicted molar refractivity (Wildman–Crippen MR) is 154 cm³/mol. The highest BCUT2D eigenvalue weighted by atomic mass is 16.5. The second-order valence-corrected chi connectivity index (χ2v) is 9.91. The summed E-state index contributed by atoms with van der Waals surface area (Å²) in [6.07, 6.45) is 16.9. The number of rotatable bonds is 18. The highest BCUT2D eigenvalue weighted by molar-refractivity contribution is 5.90. The van der Waals surface area contributed by atoms with Crippen molar-refractivity contribution in [1.82, 2.24) is 0 Å². The average molecular weight is 490 g/mol. The molecule has 0 atom stereocenters. The first-order valence-corrected chi connectivity index (χ1v) is 14.2. The van der Waals surface area contributed by atoms with Crippen LogP contribution in [-0.4, -0.2) is 13.2 Å². The van der Waals surface area contributed by atoms with E-state index >= 15 is 0 Å². The maximum absolute atomic E-state index is 9.91. The fourth-order valence-electron chi connectivity index (χ4n) is 4.26. The monoisotopic (exact) mass is 489 g/mol. The maximum Gasteiger partial charge on any atom is 0.122 e. The molecule has 0 aromatic heterocycles. The molecule has 3 heteroatoms. The van der Waals surface area contributed by atoms with E-state index in [0.717, 1.165) is 59.8 Å². The molecule has 0 bridgehead atoms. The Kier molecular flexibility index (Phi) is 14.5. The van der Waals surface area contributed by atoms with Crippen LogP contribution >= 0.6 is 0 Å². The minimum absolute atomic E-state index is 0.630. The van der Waals surface area contributed by atoms with Crippen LogP contribution in [0.3, 0.4) is 0 Å². The lowest BCUT2D eigenvalue weighted by molar-refractivity contribution is 0.302. The Bertz CT molecular complexity index is 970. The molecule has 0 saturated carbocycles. The number of hydrogen-bond acceptors (Lipinski definition) is 3. The third kappa shape index (κ3) is 10.9. The third-order valence-corrected chi connectivity index (χ3v) is 6.65. The number of aryl methyl sites for hydroxylation is 2. The van der Waals surface area contributed by atoms with Gasteiger partial charge in [-0.1, -0.05) is 102 Å². The maximum atomic E-state index is 9.91. The van der Waals surface area contributed by atoms with Gasteiger partial charge in [0.1, 0.15) is 11.5 Å². The van der Waals surface area contributed by atoms with Crippen molar-refractivity contribution in [3.8, 4) is 17.6 Å². The molecule has 0 spiro atoms. The first kappa shape index (κ1) is 29.5. The van der Waals surface area contributed by atoms with Crippen molar-refractivity contribution in [1.29, 1.82) is 5.26 Å². The lowest BCUT2D eigenvalue weighted by atomic mass is 10.0. The minimum atomic E-state index is 0.630. The van der Waals surface area contributed by atoms with Crippen LogP contribution in [-0.2, 0) is 0 Å². The summed E-state index contributed by atoms with van der Waals surface area (Å²) in [6.45, 7) is 10.1. The van der Waals surface area contributed by atoms with E-state index in [-0.39, 0.29) is 0 Å². The van der Waals surface area contributed by atoms with E-state index < -0.39 is 0 Å². The summed E-state index contributed by atoms with van der Waals surface area (Å²) in [4.78, 5) is 0. The van der Waals surface area contributed by atoms with Crippen molar-refractivity contribution in [2.24, 2.45) is 0 Å². The molecule has 2 rings (SSSR count). The molecular formula is C33H47NO2. The molecule has 0 unspecified atom stereocenters. The van der Waals surface area contributed by atoms with Crippen molar-refractivity contribution < 1.29 is 9.47 Å². The Morgan fingerprint density at radius 2 is 1.19 bits per heavy atom. The van der Waals surface area contributed by atoms with Gasteiger partial charge in [-0.25, -0.2) is 0 Å². The second-order valence-electron chi connectivity index (χ2n) is 9.91. The average Bonchev–Trinajstić information content (AvgIpc) is 2.88. The van der Waals surface area contributed by atoms with Gasteiger partial charge < -0.3 is 9.47 Å². The first-order valence-electron chi connectivity index (χ1n) is 14.2. The number of nitrogens with zero attached hydrogens (tertiary/aromatic N) is 1. The molecule has 0 N–H and O–H groups in total. The molecule has 0 aliphatic rings. The molecular weight excluding hydrogens is 442 g/mol. The van der Waals surface area contributed by atoms with Crippen LogP contribution in [0.15, 0.2) is 36.4 Å². The fraction of sp³-hybridized carbons (Fsp3) is 0.545. The SMILES string of the molecule is CCCCCCCCOc1cc(C=C(C#N)c2ccc(C)c(OCCCCCCCC)c2)ccc1C. The molecule has 0 heterocycles. The van der Waals surface area contributed by atoms with Crippen LogP contribution < -0.4 is 9.47 Å². The molecule has 3 nitrogen and oxygen atoms in total. The van der Waals surface area contributed by atoms with Crippen LogP contribution in [0.2, 0.25) is 0 Å². The summed E-state index contributed by atoms with van der Waals surface area (Å²) in [5.41, 5.74) is 4.71. The highest BCUT2D eigenvalue weighted by Crippen LogP contribution is 2.28. The third-order valence-electron chi connectivity index (χ3n) is 6.65. The normalized spacial score (nSPS) is 11.4. The van der Waals surface area contributed by atoms with Crippen molar-refractivity contribution in [3.63, 3.8) is 0 Å². The van der Waals surface area contributed by atoms with Gasteiger partial charge >= 0.3 is 0 Å². The van der Waals surface area contributed by atoms with E-state index in [9.17, 15) is 5.26 Å². The van der Waals surface area contributed by atoms with Crippen molar-refractivity contribution in [2.45, 2.75) is 105 Å². The Morgan fingerprint density at radius 1 is 0.694 bits per heavy atom. The summed E-state index contributed by atoms with van der Waals surface area (Å²) < 4.78 is 12.2. The van der Waals surface area contributed by atoms with Crippen LogP contribution in [0.25, 0.3) is 11.6 Å². The molecule has 0 aliphatic heterocycles. The quantitative estimate of drug-likeness (QED) is 0.119. The standard InChI is InChI=1S/C33H47NO2/c1-5-7-9-11-13-15-21-35-32-24-29(19-17-27(32)3)23-31(26-34)30-20-18-28(4)33(25-30)36-22-16-14-12-10-8-6-2/h17-20,23-25H,5-16,21-22H2,1-4H3. The molecule has 36 heavy (non-hydrogen) atoms. The van der Waals surface area contributed by atoms with Gasteiger partial charge in [0.05, 0.1) is 24.9 Å². The topological polar surface area (TPSA) is 42.2 Å². The van der Waals surface area contributed by atoms with Crippen LogP contribution in [0, 0.1) is 25.2 Å². The number of hydrogen-bond donors (Lipinski definition) is 0. The molecule has 0 radical (unpaired) electrons. The molecule has 2 aromatic carbocycles. The zero-order valence-electron chi connectivity index (χ0n) is 23.2. The largest absolute Gasteiger partial charge is 0.493 e. The van der Waals surface area contributed by atoms with Gasteiger partial charge in [-0.15, -0.1) is 0 Å². The summed E-state index contributed by atoms with van der Waals surface area (Å²) in [7, 11) is 0. The van der Waals surface area contributed by atoms with Gasteiger partial charge in [0, 0.05) is 0 Å². The smallest absolute Gasteiger partial charge is 0.122 e. The molecule has 0 fully saturated rings. The first-order chi connectivity index (χ1) is 17.6. The Hall–Kier alpha value is -2.73. The highest BCUT2D eigenvalue weighted by Gasteiger charge is 2.08. The van der Waals surface area contributed by atoms with E-state index in [2.05, 4.69) is 45.9 Å². The molecule has 0 amide bonds. The number of ether oxygens (including phenoxy) is 2. The van der Waals surface area contributed by atoms with E-state index in [4.69, 9.17) is 9.47 Å². The van der Waals surface area contributed by atoms with Crippen molar-refractivity contribution in [2.75, 3.05) is 13.2 Å². The van der Waals surface area contributed by atoms with Crippen LogP contribution in [0.4, 0.5) is 0 Å². The Labute approximate surface area is 220 Å². The van der Waals surface area contributed by atoms with Gasteiger partial charge in [-0.05, 0) is 67.2 Å². The fourth-order valence-corrected chi connectivity index (χ4v) is 4.26. The zero-order valence-corrected chi connectivity index (χ0v) is 23.2. The lowest BCUT2D eigenvalue weighted by Crippen LogP contribution is -2.00. The van der Waals surface area contributed by atoms with Crippen LogP contribution in [0.1, 0.15) is 113 Å². The Morgan fingerprint density at radius 3 is 1.75 bits per heavy atom. The van der Waals surface area contributed by atoms with Gasteiger partial charge in [-0.2, -0.15) is 5.26 Å². The molecule has 0 saturated heterocycles. The van der Waals surface area contributed by atoms with Gasteiger partial charge in [-0.3, -0.25) is 0 Å². The lowest BCUT2D eigenvalue weighted by Gasteiger charge is -2.12. The van der Waals surface area contributed by atoms with Gasteiger partial charge in [0.15, 0.2) is 0 Å². The second kappa shape index (κ2) is 17.7. The molecule has 2 aromatic rings. The van der Waals surface area contributed by atoms with Crippen molar-refractivity contribution in [3.05, 3.63) is 58.7 Å². The summed E-state index contributed by atoms with van der Waals surface area (Å²) >= 11 is 0. The minimum Gasteiger partial charge on any atom is -0.493 e. The van der Waals surface area contributed by atoms with Crippen molar-refractivity contribution >= 4 is 11.6 Å². The van der Waals surface area contributed by atoms with E-state index in [1.165, 1.54) is 64.2 Å². The summed E-state index contributed by atoms with van der Waals surface area (Å²) in [5.74, 6) is 1.77. The van der Waals surface area contributed by atoms with Gasteiger partial charge in [0.25, 0.3) is 0 Å². The van der Waals surface area contributed by atoms with E-state index in [0.29, 0.717) is 5.57 Å². The molecule has 196 valence electrons.